The predicted molar refractivity (Wildman–Crippen MR) is 54.0 cm³/mol. The van der Waals surface area contributed by atoms with Crippen molar-refractivity contribution in [2.45, 2.75) is 0 Å². The Hall–Kier alpha value is -2.15. The van der Waals surface area contributed by atoms with E-state index in [4.69, 9.17) is 5.11 Å². The summed E-state index contributed by atoms with van der Waals surface area (Å²) in [7, 11) is 0. The molecular formula is C9H5NO5S. The van der Waals surface area contributed by atoms with E-state index in [9.17, 15) is 14.4 Å². The lowest BCUT2D eigenvalue weighted by Crippen LogP contribution is -2.14. The van der Waals surface area contributed by atoms with Crippen LogP contribution < -0.4 is 5.63 Å². The number of ketones is 1. The van der Waals surface area contributed by atoms with Gasteiger partial charge in [-0.3, -0.25) is 4.79 Å². The van der Waals surface area contributed by atoms with Crippen molar-refractivity contribution in [3.05, 3.63) is 44.1 Å². The molecule has 0 radical (unpaired) electrons. The minimum absolute atomic E-state index is 0.286. The number of aromatic amines is 1. The largest absolute Gasteiger partial charge is 0.476 e. The molecule has 0 aliphatic heterocycles. The molecule has 2 aromatic rings. The first-order valence-electron chi connectivity index (χ1n) is 4.14. The monoisotopic (exact) mass is 239 g/mol. The number of aromatic carboxylic acids is 1. The third-order valence-corrected chi connectivity index (χ3v) is 2.75. The Morgan fingerprint density at radius 1 is 1.44 bits per heavy atom. The standard InChI is InChI=1S/C9H5NO5S/c11-7(4-2-1-3-16-4)5-6(8(12)13)10-15-9(5)14/h1-3,10H,(H,12,13). The number of thiophene rings is 1. The second-order valence-corrected chi connectivity index (χ2v) is 3.80. The van der Waals surface area contributed by atoms with Crippen molar-refractivity contribution in [2.24, 2.45) is 0 Å². The average Bonchev–Trinajstić information content (AvgIpc) is 2.84. The third-order valence-electron chi connectivity index (χ3n) is 1.89. The van der Waals surface area contributed by atoms with Gasteiger partial charge in [0.25, 0.3) is 0 Å². The third kappa shape index (κ3) is 1.57. The summed E-state index contributed by atoms with van der Waals surface area (Å²) in [5, 5.41) is 12.3. The van der Waals surface area contributed by atoms with Gasteiger partial charge < -0.3 is 9.63 Å². The van der Waals surface area contributed by atoms with Crippen LogP contribution in [-0.4, -0.2) is 22.0 Å². The van der Waals surface area contributed by atoms with Gasteiger partial charge in [0.05, 0.1) is 4.88 Å². The Morgan fingerprint density at radius 2 is 2.19 bits per heavy atom. The fraction of sp³-hybridized carbons (Fsp3) is 0. The quantitative estimate of drug-likeness (QED) is 0.777. The summed E-state index contributed by atoms with van der Waals surface area (Å²) in [6.07, 6.45) is 0. The number of rotatable bonds is 3. The number of hydrogen-bond acceptors (Lipinski definition) is 5. The maximum atomic E-state index is 11.8. The lowest BCUT2D eigenvalue weighted by Gasteiger charge is -1.92. The number of nitrogens with one attached hydrogen (secondary N) is 1. The first kappa shape index (κ1) is 10.4. The van der Waals surface area contributed by atoms with Gasteiger partial charge in [0.15, 0.2) is 5.69 Å². The molecule has 0 spiro atoms. The van der Waals surface area contributed by atoms with Crippen molar-refractivity contribution < 1.29 is 19.2 Å². The van der Waals surface area contributed by atoms with E-state index >= 15 is 0 Å². The maximum Gasteiger partial charge on any atom is 0.369 e. The topological polar surface area (TPSA) is 100 Å². The van der Waals surface area contributed by atoms with Gasteiger partial charge in [0.2, 0.25) is 5.78 Å². The lowest BCUT2D eigenvalue weighted by molar-refractivity contribution is 0.0682. The smallest absolute Gasteiger partial charge is 0.369 e. The zero-order chi connectivity index (χ0) is 11.7. The summed E-state index contributed by atoms with van der Waals surface area (Å²) in [6.45, 7) is 0. The van der Waals surface area contributed by atoms with Crippen molar-refractivity contribution in [1.82, 2.24) is 5.16 Å². The van der Waals surface area contributed by atoms with Gasteiger partial charge in [0, 0.05) is 0 Å². The van der Waals surface area contributed by atoms with Gasteiger partial charge >= 0.3 is 11.6 Å². The molecule has 2 aromatic heterocycles. The number of H-pyrrole nitrogens is 1. The summed E-state index contributed by atoms with van der Waals surface area (Å²) in [5.41, 5.74) is -1.98. The lowest BCUT2D eigenvalue weighted by atomic mass is 10.1. The predicted octanol–water partition coefficient (Wildman–Crippen LogP) is 0.959. The zero-order valence-electron chi connectivity index (χ0n) is 7.72. The minimum atomic E-state index is -1.41. The van der Waals surface area contributed by atoms with E-state index in [1.165, 1.54) is 6.07 Å². The van der Waals surface area contributed by atoms with E-state index < -0.39 is 28.6 Å². The Balaban J connectivity index is 2.56. The minimum Gasteiger partial charge on any atom is -0.476 e. The van der Waals surface area contributed by atoms with E-state index in [1.807, 2.05) is 5.16 Å². The number of carbonyl (C=O) groups excluding carboxylic acids is 1. The number of hydrogen-bond donors (Lipinski definition) is 2. The van der Waals surface area contributed by atoms with Crippen molar-refractivity contribution in [1.29, 1.82) is 0 Å². The summed E-state index contributed by atoms with van der Waals surface area (Å²) in [4.78, 5) is 34.0. The van der Waals surface area contributed by atoms with Crippen LogP contribution in [0.3, 0.4) is 0 Å². The van der Waals surface area contributed by atoms with Crippen molar-refractivity contribution in [2.75, 3.05) is 0 Å². The van der Waals surface area contributed by atoms with Crippen LogP contribution in [0.1, 0.15) is 25.7 Å². The van der Waals surface area contributed by atoms with E-state index in [0.29, 0.717) is 0 Å². The van der Waals surface area contributed by atoms with Crippen LogP contribution in [0.5, 0.6) is 0 Å². The van der Waals surface area contributed by atoms with Crippen LogP contribution in [0.4, 0.5) is 0 Å². The highest BCUT2D eigenvalue weighted by Crippen LogP contribution is 2.15. The molecule has 0 unspecified atom stereocenters. The summed E-state index contributed by atoms with van der Waals surface area (Å²) >= 11 is 1.12. The van der Waals surface area contributed by atoms with Crippen LogP contribution in [-0.2, 0) is 0 Å². The second-order valence-electron chi connectivity index (χ2n) is 2.85. The molecule has 0 aromatic carbocycles. The van der Waals surface area contributed by atoms with E-state index in [1.54, 1.807) is 11.4 Å². The molecule has 0 aliphatic rings. The van der Waals surface area contributed by atoms with Crippen LogP contribution in [0, 0.1) is 0 Å². The maximum absolute atomic E-state index is 11.8. The number of carboxylic acids is 1. The molecule has 0 aliphatic carbocycles. The second kappa shape index (κ2) is 3.78. The van der Waals surface area contributed by atoms with Crippen molar-refractivity contribution in [3.63, 3.8) is 0 Å². The van der Waals surface area contributed by atoms with Gasteiger partial charge in [0.1, 0.15) is 5.56 Å². The first-order chi connectivity index (χ1) is 7.61. The molecule has 0 bridgehead atoms. The van der Waals surface area contributed by atoms with Gasteiger partial charge in [-0.1, -0.05) is 6.07 Å². The van der Waals surface area contributed by atoms with Crippen LogP contribution in [0.2, 0.25) is 0 Å². The molecule has 2 heterocycles. The molecule has 0 fully saturated rings. The molecule has 0 atom stereocenters. The van der Waals surface area contributed by atoms with Gasteiger partial charge in [-0.05, 0) is 11.4 Å². The van der Waals surface area contributed by atoms with E-state index in [2.05, 4.69) is 4.52 Å². The Morgan fingerprint density at radius 3 is 2.75 bits per heavy atom. The molecule has 0 amide bonds. The summed E-state index contributed by atoms with van der Waals surface area (Å²) in [5.74, 6) is -2.06. The summed E-state index contributed by atoms with van der Waals surface area (Å²) in [6, 6.07) is 3.14. The highest BCUT2D eigenvalue weighted by atomic mass is 32.1. The van der Waals surface area contributed by atoms with Gasteiger partial charge in [-0.2, -0.15) is 0 Å². The molecular weight excluding hydrogens is 234 g/mol. The summed E-state index contributed by atoms with van der Waals surface area (Å²) < 4.78 is 4.30. The Labute approximate surface area is 92.1 Å². The molecule has 7 heteroatoms. The molecule has 0 saturated carbocycles. The normalized spacial score (nSPS) is 10.2. The highest BCUT2D eigenvalue weighted by Gasteiger charge is 2.26. The molecule has 16 heavy (non-hydrogen) atoms. The number of aromatic nitrogens is 1. The van der Waals surface area contributed by atoms with Gasteiger partial charge in [-0.15, -0.1) is 11.3 Å². The fourth-order valence-electron chi connectivity index (χ4n) is 1.19. The number of carbonyl (C=O) groups is 2. The SMILES string of the molecule is O=C(O)c1[nH]oc(=O)c1C(=O)c1cccs1. The molecule has 0 saturated heterocycles. The van der Waals surface area contributed by atoms with E-state index in [0.717, 1.165) is 11.3 Å². The molecule has 82 valence electrons. The van der Waals surface area contributed by atoms with Crippen molar-refractivity contribution >= 4 is 23.1 Å². The Bertz CT molecular complexity index is 592. The molecule has 2 N–H and O–H groups in total. The van der Waals surface area contributed by atoms with Gasteiger partial charge in [-0.25, -0.2) is 14.7 Å². The number of carboxylic acid groups (broad SMARTS) is 1. The molecule has 2 rings (SSSR count). The first-order valence-corrected chi connectivity index (χ1v) is 5.02. The van der Waals surface area contributed by atoms with Crippen LogP contribution in [0.15, 0.2) is 26.8 Å². The van der Waals surface area contributed by atoms with Crippen LogP contribution >= 0.6 is 11.3 Å². The van der Waals surface area contributed by atoms with E-state index in [-0.39, 0.29) is 4.88 Å². The van der Waals surface area contributed by atoms with Crippen LogP contribution in [0.25, 0.3) is 0 Å². The fourth-order valence-corrected chi connectivity index (χ4v) is 1.86. The zero-order valence-corrected chi connectivity index (χ0v) is 8.54. The molecule has 6 nitrogen and oxygen atoms in total. The van der Waals surface area contributed by atoms with Crippen molar-refractivity contribution in [3.8, 4) is 0 Å². The highest BCUT2D eigenvalue weighted by molar-refractivity contribution is 7.12. The Kier molecular flexibility index (Phi) is 2.45. The average molecular weight is 239 g/mol.